The zero-order chi connectivity index (χ0) is 19.4. The van der Waals surface area contributed by atoms with Crippen LogP contribution < -0.4 is 4.90 Å². The number of amides is 1. The number of sulfone groups is 1. The number of rotatable bonds is 7. The van der Waals surface area contributed by atoms with Crippen LogP contribution in [0.15, 0.2) is 41.8 Å². The SMILES string of the molecule is CCN(CC)c1ccc(CN(C(=O)c2cccs2)[C@@H]2CCS(=O)(=O)C2)cc1. The van der Waals surface area contributed by atoms with E-state index in [2.05, 4.69) is 30.9 Å². The van der Waals surface area contributed by atoms with Gasteiger partial charge in [0.15, 0.2) is 9.84 Å². The number of hydrogen-bond acceptors (Lipinski definition) is 5. The Morgan fingerprint density at radius 2 is 1.85 bits per heavy atom. The molecule has 1 aromatic heterocycles. The van der Waals surface area contributed by atoms with Gasteiger partial charge in [0.25, 0.3) is 5.91 Å². The lowest BCUT2D eigenvalue weighted by atomic mass is 10.1. The normalized spacial score (nSPS) is 18.4. The van der Waals surface area contributed by atoms with Crippen molar-refractivity contribution in [1.29, 1.82) is 0 Å². The molecule has 1 aliphatic heterocycles. The van der Waals surface area contributed by atoms with Gasteiger partial charge in [0.05, 0.1) is 16.4 Å². The minimum Gasteiger partial charge on any atom is -0.372 e. The van der Waals surface area contributed by atoms with Crippen LogP contribution in [-0.4, -0.2) is 49.9 Å². The van der Waals surface area contributed by atoms with Gasteiger partial charge in [-0.15, -0.1) is 11.3 Å². The highest BCUT2D eigenvalue weighted by Crippen LogP contribution is 2.24. The van der Waals surface area contributed by atoms with E-state index in [0.717, 1.165) is 24.3 Å². The van der Waals surface area contributed by atoms with E-state index in [9.17, 15) is 13.2 Å². The largest absolute Gasteiger partial charge is 0.372 e. The molecule has 1 saturated heterocycles. The van der Waals surface area contributed by atoms with Crippen LogP contribution >= 0.6 is 11.3 Å². The molecule has 0 spiro atoms. The van der Waals surface area contributed by atoms with E-state index in [1.54, 1.807) is 11.0 Å². The second-order valence-electron chi connectivity index (χ2n) is 6.81. The van der Waals surface area contributed by atoms with Crippen molar-refractivity contribution < 1.29 is 13.2 Å². The fourth-order valence-corrected chi connectivity index (χ4v) is 5.94. The molecule has 1 aliphatic rings. The molecular formula is C20H26N2O3S2. The van der Waals surface area contributed by atoms with Gasteiger partial charge in [0.2, 0.25) is 0 Å². The third-order valence-corrected chi connectivity index (χ3v) is 7.67. The number of hydrogen-bond donors (Lipinski definition) is 0. The highest BCUT2D eigenvalue weighted by atomic mass is 32.2. The van der Waals surface area contributed by atoms with Gasteiger partial charge in [-0.25, -0.2) is 8.42 Å². The van der Waals surface area contributed by atoms with Crippen molar-refractivity contribution in [3.8, 4) is 0 Å². The lowest BCUT2D eigenvalue weighted by molar-refractivity contribution is 0.0686. The number of thiophene rings is 1. The Kier molecular flexibility index (Phi) is 6.22. The van der Waals surface area contributed by atoms with Crippen molar-refractivity contribution in [3.63, 3.8) is 0 Å². The van der Waals surface area contributed by atoms with Gasteiger partial charge in [0.1, 0.15) is 0 Å². The molecule has 0 saturated carbocycles. The van der Waals surface area contributed by atoms with Crippen LogP contribution in [0.1, 0.15) is 35.5 Å². The summed E-state index contributed by atoms with van der Waals surface area (Å²) in [7, 11) is -3.06. The second kappa shape index (κ2) is 8.44. The summed E-state index contributed by atoms with van der Waals surface area (Å²) in [6.45, 7) is 6.56. The number of carbonyl (C=O) groups excluding carboxylic acids is 1. The Morgan fingerprint density at radius 1 is 1.15 bits per heavy atom. The van der Waals surface area contributed by atoms with Crippen LogP contribution in [0, 0.1) is 0 Å². The topological polar surface area (TPSA) is 57.7 Å². The average molecular weight is 407 g/mol. The average Bonchev–Trinajstić information content (AvgIpc) is 3.31. The highest BCUT2D eigenvalue weighted by molar-refractivity contribution is 7.91. The van der Waals surface area contributed by atoms with E-state index in [4.69, 9.17) is 0 Å². The number of carbonyl (C=O) groups is 1. The van der Waals surface area contributed by atoms with Crippen LogP contribution in [0.2, 0.25) is 0 Å². The lowest BCUT2D eigenvalue weighted by Gasteiger charge is -2.28. The first-order valence-corrected chi connectivity index (χ1v) is 12.0. The van der Waals surface area contributed by atoms with Crippen LogP contribution in [0.25, 0.3) is 0 Å². The Morgan fingerprint density at radius 3 is 2.37 bits per heavy atom. The highest BCUT2D eigenvalue weighted by Gasteiger charge is 2.35. The van der Waals surface area contributed by atoms with E-state index in [1.807, 2.05) is 23.6 Å². The van der Waals surface area contributed by atoms with Gasteiger partial charge in [0, 0.05) is 31.4 Å². The Balaban J connectivity index is 1.82. The first-order valence-electron chi connectivity index (χ1n) is 9.32. The van der Waals surface area contributed by atoms with Gasteiger partial charge in [-0.05, 0) is 49.4 Å². The van der Waals surface area contributed by atoms with Crippen molar-refractivity contribution in [2.45, 2.75) is 32.9 Å². The van der Waals surface area contributed by atoms with Gasteiger partial charge in [-0.3, -0.25) is 4.79 Å². The van der Waals surface area contributed by atoms with Crippen molar-refractivity contribution in [2.75, 3.05) is 29.5 Å². The number of nitrogens with zero attached hydrogens (tertiary/aromatic N) is 2. The van der Waals surface area contributed by atoms with E-state index in [-0.39, 0.29) is 23.5 Å². The maximum absolute atomic E-state index is 13.0. The maximum atomic E-state index is 13.0. The first kappa shape index (κ1) is 19.9. The fraction of sp³-hybridized carbons (Fsp3) is 0.450. The van der Waals surface area contributed by atoms with Gasteiger partial charge < -0.3 is 9.80 Å². The summed E-state index contributed by atoms with van der Waals surface area (Å²) in [5.41, 5.74) is 2.17. The molecule has 7 heteroatoms. The smallest absolute Gasteiger partial charge is 0.264 e. The van der Waals surface area contributed by atoms with Crippen LogP contribution in [-0.2, 0) is 16.4 Å². The summed E-state index contributed by atoms with van der Waals surface area (Å²) in [6, 6.07) is 11.6. The van der Waals surface area contributed by atoms with Crippen molar-refractivity contribution in [1.82, 2.24) is 4.90 Å². The Hall–Kier alpha value is -1.86. The molecule has 0 unspecified atom stereocenters. The molecule has 3 rings (SSSR count). The zero-order valence-corrected chi connectivity index (χ0v) is 17.4. The molecule has 0 aliphatic carbocycles. The molecular weight excluding hydrogens is 380 g/mol. The standard InChI is InChI=1S/C20H26N2O3S2/c1-3-21(4-2)17-9-7-16(8-10-17)14-22(18-11-13-27(24,25)15-18)20(23)19-6-5-12-26-19/h5-10,12,18H,3-4,11,13-15H2,1-2H3/t18-/m1/s1. The summed E-state index contributed by atoms with van der Waals surface area (Å²) in [4.78, 5) is 17.7. The molecule has 1 aromatic carbocycles. The van der Waals surface area contributed by atoms with Gasteiger partial charge in [-0.1, -0.05) is 18.2 Å². The van der Waals surface area contributed by atoms with E-state index < -0.39 is 9.84 Å². The molecule has 2 aromatic rings. The Bertz CT molecular complexity index is 857. The molecule has 1 atom stereocenters. The third-order valence-electron chi connectivity index (χ3n) is 5.06. The second-order valence-corrected chi connectivity index (χ2v) is 9.98. The van der Waals surface area contributed by atoms with Gasteiger partial charge >= 0.3 is 0 Å². The molecule has 2 heterocycles. The molecule has 146 valence electrons. The zero-order valence-electron chi connectivity index (χ0n) is 15.8. The van der Waals surface area contributed by atoms with E-state index >= 15 is 0 Å². The van der Waals surface area contributed by atoms with Crippen molar-refractivity contribution in [3.05, 3.63) is 52.2 Å². The van der Waals surface area contributed by atoms with Crippen molar-refractivity contribution in [2.24, 2.45) is 0 Å². The van der Waals surface area contributed by atoms with Gasteiger partial charge in [-0.2, -0.15) is 0 Å². The fourth-order valence-electron chi connectivity index (χ4n) is 3.53. The van der Waals surface area contributed by atoms with Crippen LogP contribution in [0.4, 0.5) is 5.69 Å². The molecule has 0 bridgehead atoms. The minimum atomic E-state index is -3.06. The summed E-state index contributed by atoms with van der Waals surface area (Å²) < 4.78 is 23.9. The van der Waals surface area contributed by atoms with Crippen LogP contribution in [0.3, 0.4) is 0 Å². The summed E-state index contributed by atoms with van der Waals surface area (Å²) in [5.74, 6) is 0.133. The molecule has 1 fully saturated rings. The summed E-state index contributed by atoms with van der Waals surface area (Å²) in [6.07, 6.45) is 0.511. The van der Waals surface area contributed by atoms with Crippen molar-refractivity contribution >= 4 is 32.8 Å². The monoisotopic (exact) mass is 406 g/mol. The predicted molar refractivity (Wildman–Crippen MR) is 111 cm³/mol. The van der Waals surface area contributed by atoms with E-state index in [0.29, 0.717) is 17.8 Å². The molecule has 0 N–H and O–H groups in total. The number of benzene rings is 1. The minimum absolute atomic E-state index is 0.0572. The summed E-state index contributed by atoms with van der Waals surface area (Å²) in [5, 5.41) is 1.87. The predicted octanol–water partition coefficient (Wildman–Crippen LogP) is 3.42. The number of anilines is 1. The molecule has 0 radical (unpaired) electrons. The quantitative estimate of drug-likeness (QED) is 0.707. The Labute approximate surface area is 165 Å². The molecule has 5 nitrogen and oxygen atoms in total. The maximum Gasteiger partial charge on any atom is 0.264 e. The molecule has 1 amide bonds. The summed E-state index contributed by atoms with van der Waals surface area (Å²) >= 11 is 1.39. The van der Waals surface area contributed by atoms with Crippen LogP contribution in [0.5, 0.6) is 0 Å². The third kappa shape index (κ3) is 4.71. The van der Waals surface area contributed by atoms with E-state index in [1.165, 1.54) is 11.3 Å². The molecule has 27 heavy (non-hydrogen) atoms. The first-order chi connectivity index (χ1) is 12.9. The lowest BCUT2D eigenvalue weighted by Crippen LogP contribution is -2.40.